The van der Waals surface area contributed by atoms with Crippen molar-refractivity contribution in [3.05, 3.63) is 35.0 Å². The van der Waals surface area contributed by atoms with Gasteiger partial charge in [0.25, 0.3) is 0 Å². The first-order valence-corrected chi connectivity index (χ1v) is 8.25. The van der Waals surface area contributed by atoms with Crippen molar-refractivity contribution in [1.82, 2.24) is 9.88 Å². The SMILES string of the molecule is CN(C(=O)C12CC1C2)C1CCc2[nH]c3c(F)cc(F)cc3c2C1. The Bertz CT molecular complexity index is 850. The van der Waals surface area contributed by atoms with Crippen molar-refractivity contribution in [2.24, 2.45) is 11.3 Å². The third kappa shape index (κ3) is 1.76. The first kappa shape index (κ1) is 13.5. The summed E-state index contributed by atoms with van der Waals surface area (Å²) < 4.78 is 27.5. The molecule has 5 heteroatoms. The zero-order chi connectivity index (χ0) is 15.9. The minimum atomic E-state index is -0.555. The number of aryl methyl sites for hydroxylation is 1. The number of nitrogens with zero attached hydrogens (tertiary/aromatic N) is 1. The molecule has 3 nitrogen and oxygen atoms in total. The van der Waals surface area contributed by atoms with E-state index in [2.05, 4.69) is 4.98 Å². The van der Waals surface area contributed by atoms with E-state index in [0.717, 1.165) is 43.0 Å². The number of nitrogens with one attached hydrogen (secondary N) is 1. The molecule has 1 N–H and O–H groups in total. The van der Waals surface area contributed by atoms with Crippen molar-refractivity contribution in [2.45, 2.75) is 38.1 Å². The Morgan fingerprint density at radius 2 is 2.09 bits per heavy atom. The van der Waals surface area contributed by atoms with Gasteiger partial charge < -0.3 is 9.88 Å². The van der Waals surface area contributed by atoms with Crippen LogP contribution in [0.2, 0.25) is 0 Å². The van der Waals surface area contributed by atoms with Gasteiger partial charge >= 0.3 is 0 Å². The summed E-state index contributed by atoms with van der Waals surface area (Å²) in [5, 5.41) is 0.622. The lowest BCUT2D eigenvalue weighted by molar-refractivity contribution is -0.135. The average molecular weight is 316 g/mol. The quantitative estimate of drug-likeness (QED) is 0.907. The number of benzene rings is 1. The average Bonchev–Trinajstić information content (AvgIpc) is 3.35. The summed E-state index contributed by atoms with van der Waals surface area (Å²) in [5.74, 6) is -0.199. The highest BCUT2D eigenvalue weighted by Crippen LogP contribution is 2.76. The largest absolute Gasteiger partial charge is 0.356 e. The normalized spacial score (nSPS) is 30.7. The van der Waals surface area contributed by atoms with E-state index < -0.39 is 11.6 Å². The molecule has 1 amide bonds. The molecule has 1 heterocycles. The van der Waals surface area contributed by atoms with Gasteiger partial charge in [0.05, 0.1) is 10.9 Å². The number of aromatic amines is 1. The van der Waals surface area contributed by atoms with Gasteiger partial charge in [-0.3, -0.25) is 4.79 Å². The molecule has 5 rings (SSSR count). The van der Waals surface area contributed by atoms with Crippen LogP contribution in [0.5, 0.6) is 0 Å². The van der Waals surface area contributed by atoms with Crippen LogP contribution in [0.4, 0.5) is 8.78 Å². The highest BCUT2D eigenvalue weighted by Gasteiger charge is 2.75. The molecule has 0 bridgehead atoms. The molecule has 1 atom stereocenters. The summed E-state index contributed by atoms with van der Waals surface area (Å²) in [5.41, 5.74) is 2.31. The number of aromatic nitrogens is 1. The van der Waals surface area contributed by atoms with Crippen molar-refractivity contribution in [3.63, 3.8) is 0 Å². The maximum absolute atomic E-state index is 14.0. The zero-order valence-corrected chi connectivity index (χ0v) is 13.0. The molecule has 1 aromatic carbocycles. The number of H-pyrrole nitrogens is 1. The molecule has 1 unspecified atom stereocenters. The molecule has 2 aromatic rings. The summed E-state index contributed by atoms with van der Waals surface area (Å²) in [6.45, 7) is 0. The Balaban J connectivity index is 1.49. The summed E-state index contributed by atoms with van der Waals surface area (Å²) in [6.07, 6.45) is 4.41. The summed E-state index contributed by atoms with van der Waals surface area (Å²) in [4.78, 5) is 17.6. The van der Waals surface area contributed by atoms with Crippen LogP contribution in [0.25, 0.3) is 10.9 Å². The van der Waals surface area contributed by atoms with Crippen molar-refractivity contribution in [1.29, 1.82) is 0 Å². The first-order chi connectivity index (χ1) is 11.0. The van der Waals surface area contributed by atoms with Gasteiger partial charge in [0.2, 0.25) is 5.91 Å². The van der Waals surface area contributed by atoms with Gasteiger partial charge in [-0.25, -0.2) is 8.78 Å². The molecule has 0 aliphatic heterocycles. The van der Waals surface area contributed by atoms with Gasteiger partial charge in [-0.15, -0.1) is 0 Å². The number of likely N-dealkylation sites (N-methyl/N-ethyl adjacent to an activating group) is 1. The molecule has 3 aliphatic carbocycles. The molecule has 3 aliphatic rings. The molecule has 2 fully saturated rings. The highest BCUT2D eigenvalue weighted by atomic mass is 19.1. The molecular formula is C18H18F2N2O. The number of fused-ring (bicyclic) bond motifs is 4. The second kappa shape index (κ2) is 4.13. The molecule has 0 radical (unpaired) electrons. The Morgan fingerprint density at radius 1 is 1.35 bits per heavy atom. The topological polar surface area (TPSA) is 36.1 Å². The minimum Gasteiger partial charge on any atom is -0.356 e. The smallest absolute Gasteiger partial charge is 0.229 e. The predicted octanol–water partition coefficient (Wildman–Crippen LogP) is 3.17. The number of hydrogen-bond donors (Lipinski definition) is 1. The van der Waals surface area contributed by atoms with E-state index in [1.54, 1.807) is 0 Å². The Kier molecular flexibility index (Phi) is 2.43. The summed E-state index contributed by atoms with van der Waals surface area (Å²) in [6, 6.07) is 2.43. The fourth-order valence-electron chi connectivity index (χ4n) is 4.32. The number of hydrogen-bond acceptors (Lipinski definition) is 1. The molecule has 2 saturated carbocycles. The Morgan fingerprint density at radius 3 is 2.78 bits per heavy atom. The van der Waals surface area contributed by atoms with E-state index in [0.29, 0.717) is 23.2 Å². The van der Waals surface area contributed by atoms with Crippen molar-refractivity contribution in [3.8, 4) is 0 Å². The third-order valence-electron chi connectivity index (χ3n) is 6.16. The van der Waals surface area contributed by atoms with Gasteiger partial charge in [-0.1, -0.05) is 0 Å². The van der Waals surface area contributed by atoms with Crippen LogP contribution < -0.4 is 0 Å². The van der Waals surface area contributed by atoms with Crippen LogP contribution in [0.3, 0.4) is 0 Å². The van der Waals surface area contributed by atoms with Crippen LogP contribution in [-0.4, -0.2) is 28.9 Å². The summed E-state index contributed by atoms with van der Waals surface area (Å²) in [7, 11) is 1.89. The lowest BCUT2D eigenvalue weighted by atomic mass is 9.90. The molecule has 1 aromatic heterocycles. The maximum Gasteiger partial charge on any atom is 0.229 e. The van der Waals surface area contributed by atoms with Crippen LogP contribution in [0.15, 0.2) is 12.1 Å². The number of halogens is 2. The number of carbonyl (C=O) groups is 1. The second-order valence-corrected chi connectivity index (χ2v) is 7.47. The fourth-order valence-corrected chi connectivity index (χ4v) is 4.32. The van der Waals surface area contributed by atoms with E-state index in [-0.39, 0.29) is 17.4 Å². The summed E-state index contributed by atoms with van der Waals surface area (Å²) >= 11 is 0. The number of carbonyl (C=O) groups excluding carboxylic acids is 1. The standard InChI is InChI=1S/C18H18F2N2O/c1-22(17(23)18-7-9(18)8-18)11-2-3-15-12(6-11)13-4-10(19)5-14(20)16(13)21-15/h4-5,9,11,21H,2-3,6-8H2,1H3. The van der Waals surface area contributed by atoms with Crippen molar-refractivity contribution >= 4 is 16.8 Å². The first-order valence-electron chi connectivity index (χ1n) is 8.25. The monoisotopic (exact) mass is 316 g/mol. The van der Waals surface area contributed by atoms with Gasteiger partial charge in [-0.2, -0.15) is 0 Å². The molecule has 0 saturated heterocycles. The van der Waals surface area contributed by atoms with Crippen LogP contribution in [-0.2, 0) is 17.6 Å². The number of rotatable bonds is 2. The highest BCUT2D eigenvalue weighted by molar-refractivity contribution is 5.90. The van der Waals surface area contributed by atoms with Crippen LogP contribution in [0.1, 0.15) is 30.5 Å². The molecule has 0 spiro atoms. The number of amides is 1. The molecular weight excluding hydrogens is 298 g/mol. The van der Waals surface area contributed by atoms with E-state index in [1.165, 1.54) is 6.07 Å². The van der Waals surface area contributed by atoms with Gasteiger partial charge in [0.1, 0.15) is 11.6 Å². The van der Waals surface area contributed by atoms with E-state index in [4.69, 9.17) is 0 Å². The lowest BCUT2D eigenvalue weighted by Gasteiger charge is -2.32. The molecule has 120 valence electrons. The Labute approximate surface area is 132 Å². The second-order valence-electron chi connectivity index (χ2n) is 7.47. The van der Waals surface area contributed by atoms with E-state index >= 15 is 0 Å². The van der Waals surface area contributed by atoms with Gasteiger partial charge in [0.15, 0.2) is 0 Å². The van der Waals surface area contributed by atoms with Crippen molar-refractivity contribution < 1.29 is 13.6 Å². The van der Waals surface area contributed by atoms with Crippen LogP contribution >= 0.6 is 0 Å². The van der Waals surface area contributed by atoms with Gasteiger partial charge in [0, 0.05) is 30.2 Å². The van der Waals surface area contributed by atoms with E-state index in [9.17, 15) is 13.6 Å². The van der Waals surface area contributed by atoms with Gasteiger partial charge in [-0.05, 0) is 49.7 Å². The fraction of sp³-hybridized carbons (Fsp3) is 0.500. The zero-order valence-electron chi connectivity index (χ0n) is 13.0. The third-order valence-corrected chi connectivity index (χ3v) is 6.16. The Hall–Kier alpha value is -1.91. The predicted molar refractivity (Wildman–Crippen MR) is 82.0 cm³/mol. The van der Waals surface area contributed by atoms with Crippen molar-refractivity contribution in [2.75, 3.05) is 7.05 Å². The van der Waals surface area contributed by atoms with E-state index in [1.807, 2.05) is 11.9 Å². The maximum atomic E-state index is 14.0. The minimum absolute atomic E-state index is 0.0204. The molecule has 23 heavy (non-hydrogen) atoms. The lowest BCUT2D eigenvalue weighted by Crippen LogP contribution is -2.42. The van der Waals surface area contributed by atoms with Crippen LogP contribution in [0, 0.1) is 23.0 Å².